The van der Waals surface area contributed by atoms with Crippen molar-refractivity contribution in [1.29, 1.82) is 10.5 Å². The van der Waals surface area contributed by atoms with E-state index in [1.807, 2.05) is 12.1 Å². The van der Waals surface area contributed by atoms with Gasteiger partial charge in [-0.05, 0) is 24.6 Å². The highest BCUT2D eigenvalue weighted by molar-refractivity contribution is 5.56. The van der Waals surface area contributed by atoms with Crippen molar-refractivity contribution in [3.05, 3.63) is 29.3 Å². The Morgan fingerprint density at radius 2 is 1.85 bits per heavy atom. The van der Waals surface area contributed by atoms with Gasteiger partial charge in [-0.1, -0.05) is 0 Å². The Kier molecular flexibility index (Phi) is 5.82. The molecule has 0 aliphatic rings. The Bertz CT molecular complexity index is 529. The van der Waals surface area contributed by atoms with Gasteiger partial charge in [-0.2, -0.15) is 23.7 Å². The number of halogens is 3. The first-order chi connectivity index (χ1) is 9.46. The lowest BCUT2D eigenvalue weighted by molar-refractivity contribution is -0.173. The predicted molar refractivity (Wildman–Crippen MR) is 65.9 cm³/mol. The summed E-state index contributed by atoms with van der Waals surface area (Å²) in [4.78, 5) is 0. The van der Waals surface area contributed by atoms with Crippen LogP contribution in [0.2, 0.25) is 0 Å². The first-order valence-electron chi connectivity index (χ1n) is 5.79. The number of nitriles is 2. The lowest BCUT2D eigenvalue weighted by atomic mass is 10.1. The highest BCUT2D eigenvalue weighted by Gasteiger charge is 2.27. The molecule has 0 radical (unpaired) electrons. The third-order valence-electron chi connectivity index (χ3n) is 2.32. The molecule has 0 saturated carbocycles. The normalized spacial score (nSPS) is 10.7. The largest absolute Gasteiger partial charge is 0.411 e. The number of alkyl halides is 3. The maximum atomic E-state index is 11.8. The molecule has 0 aliphatic heterocycles. The highest BCUT2D eigenvalue weighted by Crippen LogP contribution is 2.15. The van der Waals surface area contributed by atoms with Crippen molar-refractivity contribution in [3.8, 4) is 12.1 Å². The summed E-state index contributed by atoms with van der Waals surface area (Å²) in [5.74, 6) is 0. The Morgan fingerprint density at radius 1 is 1.15 bits per heavy atom. The van der Waals surface area contributed by atoms with E-state index < -0.39 is 12.8 Å². The molecule has 0 bridgehead atoms. The fourth-order valence-electron chi connectivity index (χ4n) is 1.44. The Morgan fingerprint density at radius 3 is 2.45 bits per heavy atom. The molecule has 4 nitrogen and oxygen atoms in total. The third-order valence-corrected chi connectivity index (χ3v) is 2.32. The van der Waals surface area contributed by atoms with Crippen LogP contribution in [-0.4, -0.2) is 25.9 Å². The third kappa shape index (κ3) is 5.59. The molecule has 1 N–H and O–H groups in total. The molecular formula is C13H12F3N3O. The summed E-state index contributed by atoms with van der Waals surface area (Å²) in [6, 6.07) is 8.47. The van der Waals surface area contributed by atoms with Gasteiger partial charge < -0.3 is 10.1 Å². The molecule has 1 rings (SSSR count). The summed E-state index contributed by atoms with van der Waals surface area (Å²) >= 11 is 0. The van der Waals surface area contributed by atoms with Crippen LogP contribution in [0.4, 0.5) is 18.9 Å². The van der Waals surface area contributed by atoms with Crippen LogP contribution in [0.3, 0.4) is 0 Å². The van der Waals surface area contributed by atoms with E-state index in [4.69, 9.17) is 10.5 Å². The smallest absolute Gasteiger partial charge is 0.385 e. The molecule has 1 aromatic rings. The average molecular weight is 283 g/mol. The summed E-state index contributed by atoms with van der Waals surface area (Å²) in [6.45, 7) is -0.842. The summed E-state index contributed by atoms with van der Waals surface area (Å²) in [5.41, 5.74) is 1.17. The molecule has 0 aliphatic carbocycles. The zero-order valence-corrected chi connectivity index (χ0v) is 10.5. The first kappa shape index (κ1) is 15.8. The molecule has 7 heteroatoms. The van der Waals surface area contributed by atoms with Gasteiger partial charge in [0.05, 0.1) is 11.1 Å². The summed E-state index contributed by atoms with van der Waals surface area (Å²) < 4.78 is 39.8. The summed E-state index contributed by atoms with van der Waals surface area (Å²) in [7, 11) is 0. The molecule has 0 amide bonds. The molecule has 20 heavy (non-hydrogen) atoms. The number of rotatable bonds is 6. The quantitative estimate of drug-likeness (QED) is 0.815. The van der Waals surface area contributed by atoms with Gasteiger partial charge in [-0.15, -0.1) is 0 Å². The van der Waals surface area contributed by atoms with Gasteiger partial charge in [-0.25, -0.2) is 0 Å². The van der Waals surface area contributed by atoms with E-state index in [0.29, 0.717) is 18.7 Å². The lowest BCUT2D eigenvalue weighted by Crippen LogP contribution is -2.18. The van der Waals surface area contributed by atoms with E-state index in [1.54, 1.807) is 6.07 Å². The van der Waals surface area contributed by atoms with Crippen LogP contribution in [0.1, 0.15) is 17.5 Å². The van der Waals surface area contributed by atoms with E-state index in [2.05, 4.69) is 10.1 Å². The van der Waals surface area contributed by atoms with Crippen molar-refractivity contribution in [2.45, 2.75) is 12.6 Å². The molecule has 0 fully saturated rings. The fraction of sp³-hybridized carbons (Fsp3) is 0.385. The molecular weight excluding hydrogens is 271 g/mol. The van der Waals surface area contributed by atoms with Crippen molar-refractivity contribution in [2.24, 2.45) is 0 Å². The molecule has 0 spiro atoms. The minimum atomic E-state index is -4.30. The van der Waals surface area contributed by atoms with Crippen molar-refractivity contribution in [2.75, 3.05) is 25.1 Å². The topological polar surface area (TPSA) is 68.8 Å². The van der Waals surface area contributed by atoms with E-state index in [0.717, 1.165) is 0 Å². The van der Waals surface area contributed by atoms with Crippen LogP contribution in [0.25, 0.3) is 0 Å². The standard InChI is InChI=1S/C13H12F3N3O/c14-13(15,16)9-20-5-1-4-19-12-3-2-10(7-17)11(6-12)8-18/h2-3,6,19H,1,4-5,9H2. The number of nitrogens with zero attached hydrogens (tertiary/aromatic N) is 2. The second-order valence-electron chi connectivity index (χ2n) is 3.93. The second kappa shape index (κ2) is 7.37. The maximum absolute atomic E-state index is 11.8. The van der Waals surface area contributed by atoms with Crippen LogP contribution in [0.5, 0.6) is 0 Å². The van der Waals surface area contributed by atoms with Gasteiger partial charge in [0, 0.05) is 18.8 Å². The zero-order valence-electron chi connectivity index (χ0n) is 10.5. The summed E-state index contributed by atoms with van der Waals surface area (Å²) in [6.07, 6.45) is -3.90. The maximum Gasteiger partial charge on any atom is 0.411 e. The van der Waals surface area contributed by atoms with Crippen LogP contribution < -0.4 is 5.32 Å². The van der Waals surface area contributed by atoms with E-state index in [9.17, 15) is 13.2 Å². The van der Waals surface area contributed by atoms with Crippen LogP contribution in [0, 0.1) is 22.7 Å². The predicted octanol–water partition coefficient (Wildman–Crippen LogP) is 2.81. The fourth-order valence-corrected chi connectivity index (χ4v) is 1.44. The molecule has 1 aromatic carbocycles. The van der Waals surface area contributed by atoms with Crippen molar-refractivity contribution >= 4 is 5.69 Å². The van der Waals surface area contributed by atoms with Gasteiger partial charge in [-0.3, -0.25) is 0 Å². The van der Waals surface area contributed by atoms with E-state index in [-0.39, 0.29) is 17.7 Å². The molecule has 106 valence electrons. The van der Waals surface area contributed by atoms with Gasteiger partial charge >= 0.3 is 6.18 Å². The number of hydrogen-bond acceptors (Lipinski definition) is 4. The lowest BCUT2D eigenvalue weighted by Gasteiger charge is -2.09. The minimum absolute atomic E-state index is 0.00606. The molecule has 0 atom stereocenters. The average Bonchev–Trinajstić information content (AvgIpc) is 2.41. The second-order valence-corrected chi connectivity index (χ2v) is 3.93. The van der Waals surface area contributed by atoms with E-state index >= 15 is 0 Å². The van der Waals surface area contributed by atoms with Crippen molar-refractivity contribution in [1.82, 2.24) is 0 Å². The molecule has 0 saturated heterocycles. The van der Waals surface area contributed by atoms with Crippen molar-refractivity contribution in [3.63, 3.8) is 0 Å². The van der Waals surface area contributed by atoms with Crippen LogP contribution in [0.15, 0.2) is 18.2 Å². The first-order valence-corrected chi connectivity index (χ1v) is 5.79. The number of hydrogen-bond donors (Lipinski definition) is 1. The monoisotopic (exact) mass is 283 g/mol. The number of ether oxygens (including phenoxy) is 1. The Hall–Kier alpha value is -2.25. The van der Waals surface area contributed by atoms with E-state index in [1.165, 1.54) is 12.1 Å². The van der Waals surface area contributed by atoms with Gasteiger partial charge in [0.1, 0.15) is 18.7 Å². The van der Waals surface area contributed by atoms with Gasteiger partial charge in [0.2, 0.25) is 0 Å². The molecule has 0 unspecified atom stereocenters. The van der Waals surface area contributed by atoms with Gasteiger partial charge in [0.15, 0.2) is 0 Å². The van der Waals surface area contributed by atoms with Crippen molar-refractivity contribution < 1.29 is 17.9 Å². The SMILES string of the molecule is N#Cc1ccc(NCCCOCC(F)(F)F)cc1C#N. The summed E-state index contributed by atoms with van der Waals surface area (Å²) in [5, 5.41) is 20.5. The van der Waals surface area contributed by atoms with Gasteiger partial charge in [0.25, 0.3) is 0 Å². The number of nitrogens with one attached hydrogen (secondary N) is 1. The Labute approximate surface area is 114 Å². The molecule has 0 aromatic heterocycles. The Balaban J connectivity index is 2.33. The highest BCUT2D eigenvalue weighted by atomic mass is 19.4. The number of benzene rings is 1. The minimum Gasteiger partial charge on any atom is -0.385 e. The molecule has 0 heterocycles. The van der Waals surface area contributed by atoms with Crippen LogP contribution in [-0.2, 0) is 4.74 Å². The van der Waals surface area contributed by atoms with Crippen LogP contribution >= 0.6 is 0 Å². The zero-order chi connectivity index (χ0) is 15.0. The number of anilines is 1.